The Bertz CT molecular complexity index is 281. The van der Waals surface area contributed by atoms with Gasteiger partial charge in [-0.1, -0.05) is 26.0 Å². The molecule has 0 aliphatic rings. The fourth-order valence-electron chi connectivity index (χ4n) is 1.69. The molecule has 2 atom stereocenters. The molecule has 0 aliphatic heterocycles. The maximum atomic E-state index is 5.14. The van der Waals surface area contributed by atoms with Crippen molar-refractivity contribution in [1.82, 2.24) is 5.32 Å². The van der Waals surface area contributed by atoms with E-state index < -0.39 is 0 Å². The fraction of sp³-hybridized carbons (Fsp3) is 0.538. The van der Waals surface area contributed by atoms with Gasteiger partial charge in [-0.15, -0.1) is 0 Å². The minimum absolute atomic E-state index is 0.503. The summed E-state index contributed by atoms with van der Waals surface area (Å²) in [5.74, 6) is 1.44. The summed E-state index contributed by atoms with van der Waals surface area (Å²) in [4.78, 5) is 0. The van der Waals surface area contributed by atoms with Crippen molar-refractivity contribution in [3.63, 3.8) is 0 Å². The second kappa shape index (κ2) is 5.76. The number of hydrogen-bond donors (Lipinski definition) is 1. The molecule has 1 aromatic rings. The van der Waals surface area contributed by atoms with Crippen molar-refractivity contribution in [3.05, 3.63) is 29.8 Å². The van der Waals surface area contributed by atoms with Crippen LogP contribution in [0.3, 0.4) is 0 Å². The van der Waals surface area contributed by atoms with Gasteiger partial charge in [-0.05, 0) is 37.1 Å². The molecular formula is C13H21NO. The van der Waals surface area contributed by atoms with Crippen LogP contribution in [0.15, 0.2) is 24.3 Å². The first kappa shape index (κ1) is 12.1. The Hall–Kier alpha value is -1.02. The second-order valence-electron chi connectivity index (χ2n) is 3.91. The number of benzene rings is 1. The largest absolute Gasteiger partial charge is 0.497 e. The zero-order chi connectivity index (χ0) is 11.3. The van der Waals surface area contributed by atoms with Crippen LogP contribution in [0, 0.1) is 0 Å². The standard InChI is InChI=1S/C13H21NO/c1-5-14-11(3)10(2)12-6-8-13(15-4)9-7-12/h6-11,14H,5H2,1-4H3. The van der Waals surface area contributed by atoms with E-state index in [4.69, 9.17) is 4.74 Å². The number of likely N-dealkylation sites (N-methyl/N-ethyl adjacent to an activating group) is 1. The molecular weight excluding hydrogens is 186 g/mol. The van der Waals surface area contributed by atoms with Crippen molar-refractivity contribution in [2.24, 2.45) is 0 Å². The van der Waals surface area contributed by atoms with Gasteiger partial charge >= 0.3 is 0 Å². The van der Waals surface area contributed by atoms with E-state index in [0.717, 1.165) is 12.3 Å². The van der Waals surface area contributed by atoms with Crippen LogP contribution in [0.4, 0.5) is 0 Å². The third-order valence-corrected chi connectivity index (χ3v) is 2.92. The molecule has 0 amide bonds. The van der Waals surface area contributed by atoms with Gasteiger partial charge in [0.2, 0.25) is 0 Å². The molecule has 2 nitrogen and oxygen atoms in total. The zero-order valence-electron chi connectivity index (χ0n) is 10.1. The van der Waals surface area contributed by atoms with Gasteiger partial charge in [0.25, 0.3) is 0 Å². The molecule has 0 radical (unpaired) electrons. The Balaban J connectivity index is 2.69. The first-order chi connectivity index (χ1) is 7.19. The number of rotatable bonds is 5. The molecule has 1 rings (SSSR count). The van der Waals surface area contributed by atoms with E-state index in [2.05, 4.69) is 38.2 Å². The molecule has 1 aromatic carbocycles. The lowest BCUT2D eigenvalue weighted by atomic mass is 9.94. The van der Waals surface area contributed by atoms with Gasteiger partial charge in [0.05, 0.1) is 7.11 Å². The molecule has 0 spiro atoms. The lowest BCUT2D eigenvalue weighted by Crippen LogP contribution is -2.30. The summed E-state index contributed by atoms with van der Waals surface area (Å²) >= 11 is 0. The van der Waals surface area contributed by atoms with Crippen LogP contribution in [0.2, 0.25) is 0 Å². The minimum atomic E-state index is 0.503. The maximum Gasteiger partial charge on any atom is 0.118 e. The average Bonchev–Trinajstić information content (AvgIpc) is 2.28. The predicted octanol–water partition coefficient (Wildman–Crippen LogP) is 2.80. The number of ether oxygens (including phenoxy) is 1. The van der Waals surface area contributed by atoms with E-state index in [1.165, 1.54) is 5.56 Å². The Kier molecular flexibility index (Phi) is 4.63. The highest BCUT2D eigenvalue weighted by Gasteiger charge is 2.12. The Morgan fingerprint density at radius 1 is 1.20 bits per heavy atom. The van der Waals surface area contributed by atoms with E-state index in [-0.39, 0.29) is 0 Å². The summed E-state index contributed by atoms with van der Waals surface area (Å²) < 4.78 is 5.14. The van der Waals surface area contributed by atoms with Gasteiger partial charge in [0.15, 0.2) is 0 Å². The summed E-state index contributed by atoms with van der Waals surface area (Å²) in [5.41, 5.74) is 1.35. The van der Waals surface area contributed by atoms with Gasteiger partial charge in [0.1, 0.15) is 5.75 Å². The average molecular weight is 207 g/mol. The van der Waals surface area contributed by atoms with Crippen LogP contribution in [0.5, 0.6) is 5.75 Å². The molecule has 0 fully saturated rings. The Morgan fingerprint density at radius 2 is 1.80 bits per heavy atom. The second-order valence-corrected chi connectivity index (χ2v) is 3.91. The number of hydrogen-bond acceptors (Lipinski definition) is 2. The highest BCUT2D eigenvalue weighted by molar-refractivity contribution is 5.29. The van der Waals surface area contributed by atoms with Crippen molar-refractivity contribution in [2.45, 2.75) is 32.7 Å². The normalized spacial score (nSPS) is 14.7. The van der Waals surface area contributed by atoms with E-state index in [1.807, 2.05) is 12.1 Å². The Morgan fingerprint density at radius 3 is 2.27 bits per heavy atom. The van der Waals surface area contributed by atoms with Gasteiger partial charge in [-0.25, -0.2) is 0 Å². The third-order valence-electron chi connectivity index (χ3n) is 2.92. The Labute approximate surface area is 92.6 Å². The van der Waals surface area contributed by atoms with Crippen LogP contribution in [0.25, 0.3) is 0 Å². The predicted molar refractivity (Wildman–Crippen MR) is 64.5 cm³/mol. The molecule has 84 valence electrons. The van der Waals surface area contributed by atoms with Crippen molar-refractivity contribution in [2.75, 3.05) is 13.7 Å². The first-order valence-electron chi connectivity index (χ1n) is 5.56. The zero-order valence-corrected chi connectivity index (χ0v) is 10.1. The van der Waals surface area contributed by atoms with Crippen LogP contribution < -0.4 is 10.1 Å². The van der Waals surface area contributed by atoms with E-state index >= 15 is 0 Å². The molecule has 15 heavy (non-hydrogen) atoms. The lowest BCUT2D eigenvalue weighted by molar-refractivity contribution is 0.414. The van der Waals surface area contributed by atoms with Crippen LogP contribution >= 0.6 is 0 Å². The summed E-state index contributed by atoms with van der Waals surface area (Å²) in [5, 5.41) is 3.44. The molecule has 2 heteroatoms. The summed E-state index contributed by atoms with van der Waals surface area (Å²) in [6, 6.07) is 8.81. The van der Waals surface area contributed by atoms with Gasteiger partial charge < -0.3 is 10.1 Å². The molecule has 0 heterocycles. The van der Waals surface area contributed by atoms with E-state index in [0.29, 0.717) is 12.0 Å². The monoisotopic (exact) mass is 207 g/mol. The summed E-state index contributed by atoms with van der Waals surface area (Å²) in [7, 11) is 1.69. The summed E-state index contributed by atoms with van der Waals surface area (Å²) in [6.07, 6.45) is 0. The van der Waals surface area contributed by atoms with Gasteiger partial charge in [-0.2, -0.15) is 0 Å². The maximum absolute atomic E-state index is 5.14. The van der Waals surface area contributed by atoms with Crippen molar-refractivity contribution >= 4 is 0 Å². The third kappa shape index (κ3) is 3.24. The van der Waals surface area contributed by atoms with E-state index in [1.54, 1.807) is 7.11 Å². The molecule has 0 bridgehead atoms. The highest BCUT2D eigenvalue weighted by atomic mass is 16.5. The van der Waals surface area contributed by atoms with Gasteiger partial charge in [-0.3, -0.25) is 0 Å². The summed E-state index contributed by atoms with van der Waals surface area (Å²) in [6.45, 7) is 7.62. The lowest BCUT2D eigenvalue weighted by Gasteiger charge is -2.21. The van der Waals surface area contributed by atoms with Crippen molar-refractivity contribution in [3.8, 4) is 5.75 Å². The molecule has 1 N–H and O–H groups in total. The highest BCUT2D eigenvalue weighted by Crippen LogP contribution is 2.21. The van der Waals surface area contributed by atoms with Gasteiger partial charge in [0, 0.05) is 6.04 Å². The van der Waals surface area contributed by atoms with Crippen LogP contribution in [-0.2, 0) is 0 Å². The molecule has 0 saturated carbocycles. The first-order valence-corrected chi connectivity index (χ1v) is 5.56. The van der Waals surface area contributed by atoms with Crippen LogP contribution in [-0.4, -0.2) is 19.7 Å². The molecule has 0 saturated heterocycles. The number of nitrogens with one attached hydrogen (secondary N) is 1. The molecule has 0 aliphatic carbocycles. The number of methoxy groups -OCH3 is 1. The topological polar surface area (TPSA) is 21.3 Å². The smallest absolute Gasteiger partial charge is 0.118 e. The van der Waals surface area contributed by atoms with Crippen LogP contribution in [0.1, 0.15) is 32.3 Å². The quantitative estimate of drug-likeness (QED) is 0.801. The van der Waals surface area contributed by atoms with Crippen molar-refractivity contribution < 1.29 is 4.74 Å². The molecule has 0 aromatic heterocycles. The van der Waals surface area contributed by atoms with E-state index in [9.17, 15) is 0 Å². The SMILES string of the molecule is CCNC(C)C(C)c1ccc(OC)cc1. The van der Waals surface area contributed by atoms with Crippen molar-refractivity contribution in [1.29, 1.82) is 0 Å². The minimum Gasteiger partial charge on any atom is -0.497 e. The fourth-order valence-corrected chi connectivity index (χ4v) is 1.69. The molecule has 2 unspecified atom stereocenters.